The lowest BCUT2D eigenvalue weighted by molar-refractivity contribution is -0.327. The Morgan fingerprint density at radius 2 is 1.25 bits per heavy atom. The van der Waals surface area contributed by atoms with Crippen LogP contribution in [0.4, 0.5) is 0 Å². The molecule has 4 heteroatoms. The predicted molar refractivity (Wildman–Crippen MR) is 109 cm³/mol. The molecule has 0 radical (unpaired) electrons. The third-order valence-electron chi connectivity index (χ3n) is 6.42. The normalized spacial score (nSPS) is 24.4. The Morgan fingerprint density at radius 1 is 0.750 bits per heavy atom. The van der Waals surface area contributed by atoms with Crippen LogP contribution in [-0.2, 0) is 9.59 Å². The molecule has 162 valence electrons. The van der Waals surface area contributed by atoms with Crippen molar-refractivity contribution in [1.82, 2.24) is 0 Å². The number of carbonyl (C=O) groups excluding carboxylic acids is 2. The van der Waals surface area contributed by atoms with Crippen molar-refractivity contribution in [3.05, 3.63) is 12.2 Å². The van der Waals surface area contributed by atoms with Crippen LogP contribution in [0.3, 0.4) is 0 Å². The largest absolute Gasteiger partial charge is 0.550 e. The van der Waals surface area contributed by atoms with Crippen LogP contribution in [0.1, 0.15) is 117 Å². The molecule has 28 heavy (non-hydrogen) atoms. The average molecular weight is 393 g/mol. The highest BCUT2D eigenvalue weighted by atomic mass is 16.4. The molecule has 0 fully saturated rings. The molecule has 0 spiro atoms. The molecule has 1 rings (SSSR count). The van der Waals surface area contributed by atoms with Crippen LogP contribution in [0.5, 0.6) is 0 Å². The number of hydrogen-bond donors (Lipinski definition) is 0. The molecule has 4 nitrogen and oxygen atoms in total. The molecule has 2 atom stereocenters. The average Bonchev–Trinajstić information content (AvgIpc) is 2.67. The van der Waals surface area contributed by atoms with Crippen molar-refractivity contribution in [2.45, 2.75) is 117 Å². The molecule has 0 aromatic rings. The highest BCUT2D eigenvalue weighted by molar-refractivity contribution is 5.79. The summed E-state index contributed by atoms with van der Waals surface area (Å²) in [5, 5.41) is 24.0. The standard InChI is InChI=1S/C24H42O4/c1-3-5-7-9-10-11-12-14-17-24(22(27)28)19-15-18-23(20-24,21(25)26)16-13-8-6-4-2/h15,19H,3-14,16-18,20H2,1-2H3,(H,25,26)(H,27,28)/p-2. The van der Waals surface area contributed by atoms with Crippen LogP contribution >= 0.6 is 0 Å². The van der Waals surface area contributed by atoms with Crippen molar-refractivity contribution in [3.63, 3.8) is 0 Å². The quantitative estimate of drug-likeness (QED) is 0.289. The molecule has 0 aromatic carbocycles. The molecule has 0 bridgehead atoms. The van der Waals surface area contributed by atoms with Crippen LogP contribution in [0.15, 0.2) is 12.2 Å². The summed E-state index contributed by atoms with van der Waals surface area (Å²) >= 11 is 0. The van der Waals surface area contributed by atoms with Crippen molar-refractivity contribution in [3.8, 4) is 0 Å². The van der Waals surface area contributed by atoms with Gasteiger partial charge in [0.1, 0.15) is 0 Å². The SMILES string of the molecule is CCCCCCCCCCC1(C(=O)[O-])C=CCC(CCCCCC)(C(=O)[O-])C1. The Hall–Kier alpha value is -1.32. The first-order valence-corrected chi connectivity index (χ1v) is 11.5. The Bertz CT molecular complexity index is 499. The van der Waals surface area contributed by atoms with Gasteiger partial charge < -0.3 is 19.8 Å². The zero-order chi connectivity index (χ0) is 20.9. The second-order valence-electron chi connectivity index (χ2n) is 8.83. The van der Waals surface area contributed by atoms with Crippen LogP contribution in [0.25, 0.3) is 0 Å². The second-order valence-corrected chi connectivity index (χ2v) is 8.83. The Balaban J connectivity index is 2.63. The molecule has 0 heterocycles. The van der Waals surface area contributed by atoms with Gasteiger partial charge in [0.25, 0.3) is 0 Å². The van der Waals surface area contributed by atoms with Gasteiger partial charge in [-0.2, -0.15) is 0 Å². The van der Waals surface area contributed by atoms with Gasteiger partial charge in [-0.25, -0.2) is 0 Å². The molecule has 0 amide bonds. The van der Waals surface area contributed by atoms with Crippen LogP contribution in [-0.4, -0.2) is 11.9 Å². The van der Waals surface area contributed by atoms with Gasteiger partial charge in [-0.1, -0.05) is 103 Å². The Morgan fingerprint density at radius 3 is 1.79 bits per heavy atom. The summed E-state index contributed by atoms with van der Waals surface area (Å²) < 4.78 is 0. The number of hydrogen-bond acceptors (Lipinski definition) is 4. The van der Waals surface area contributed by atoms with E-state index in [1.165, 1.54) is 32.1 Å². The van der Waals surface area contributed by atoms with Gasteiger partial charge in [0.2, 0.25) is 0 Å². The zero-order valence-corrected chi connectivity index (χ0v) is 18.1. The van der Waals surface area contributed by atoms with E-state index < -0.39 is 22.8 Å². The number of carboxylic acid groups (broad SMARTS) is 2. The van der Waals surface area contributed by atoms with Crippen LogP contribution in [0.2, 0.25) is 0 Å². The minimum absolute atomic E-state index is 0.115. The maximum Gasteiger partial charge on any atom is 0.0514 e. The number of rotatable bonds is 16. The maximum absolute atomic E-state index is 12.0. The summed E-state index contributed by atoms with van der Waals surface area (Å²) in [5.41, 5.74) is -2.23. The third-order valence-corrected chi connectivity index (χ3v) is 6.42. The van der Waals surface area contributed by atoms with Crippen molar-refractivity contribution < 1.29 is 19.8 Å². The van der Waals surface area contributed by atoms with E-state index in [0.717, 1.165) is 44.9 Å². The first-order chi connectivity index (χ1) is 13.4. The Labute approximate surface area is 171 Å². The molecular weight excluding hydrogens is 352 g/mol. The van der Waals surface area contributed by atoms with Gasteiger partial charge in [0, 0.05) is 16.8 Å². The summed E-state index contributed by atoms with van der Waals surface area (Å²) in [5.74, 6) is -2.24. The van der Waals surface area contributed by atoms with Gasteiger partial charge in [0.15, 0.2) is 0 Å². The fraction of sp³-hybridized carbons (Fsp3) is 0.833. The van der Waals surface area contributed by atoms with E-state index in [0.29, 0.717) is 19.3 Å². The van der Waals surface area contributed by atoms with Gasteiger partial charge in [-0.3, -0.25) is 0 Å². The van der Waals surface area contributed by atoms with E-state index in [1.807, 2.05) is 0 Å². The minimum atomic E-state index is -1.16. The van der Waals surface area contributed by atoms with Crippen LogP contribution in [0, 0.1) is 10.8 Å². The lowest BCUT2D eigenvalue weighted by Gasteiger charge is -2.46. The summed E-state index contributed by atoms with van der Waals surface area (Å²) in [6, 6.07) is 0. The first-order valence-electron chi connectivity index (χ1n) is 11.5. The summed E-state index contributed by atoms with van der Waals surface area (Å²) in [6.07, 6.45) is 17.9. The molecule has 0 aromatic heterocycles. The molecule has 0 saturated carbocycles. The van der Waals surface area contributed by atoms with Crippen molar-refractivity contribution in [2.75, 3.05) is 0 Å². The fourth-order valence-corrected chi connectivity index (χ4v) is 4.57. The molecule has 2 unspecified atom stereocenters. The van der Waals surface area contributed by atoms with Gasteiger partial charge in [0.05, 0.1) is 5.97 Å². The van der Waals surface area contributed by atoms with E-state index in [-0.39, 0.29) is 6.42 Å². The van der Waals surface area contributed by atoms with E-state index >= 15 is 0 Å². The van der Waals surface area contributed by atoms with E-state index in [4.69, 9.17) is 0 Å². The summed E-state index contributed by atoms with van der Waals surface area (Å²) in [6.45, 7) is 4.32. The number of carboxylic acids is 2. The predicted octanol–water partition coefficient (Wildman–Crippen LogP) is 4.31. The lowest BCUT2D eigenvalue weighted by Crippen LogP contribution is -2.52. The van der Waals surface area contributed by atoms with Crippen molar-refractivity contribution in [1.29, 1.82) is 0 Å². The highest BCUT2D eigenvalue weighted by Gasteiger charge is 2.43. The third kappa shape index (κ3) is 7.60. The van der Waals surface area contributed by atoms with Gasteiger partial charge in [-0.05, 0) is 25.7 Å². The molecule has 1 aliphatic rings. The van der Waals surface area contributed by atoms with Crippen LogP contribution < -0.4 is 10.2 Å². The number of aliphatic carboxylic acids is 2. The number of allylic oxidation sites excluding steroid dienone is 1. The van der Waals surface area contributed by atoms with E-state index in [2.05, 4.69) is 13.8 Å². The van der Waals surface area contributed by atoms with Gasteiger partial charge >= 0.3 is 0 Å². The monoisotopic (exact) mass is 392 g/mol. The fourth-order valence-electron chi connectivity index (χ4n) is 4.57. The Kier molecular flexibility index (Phi) is 11.5. The smallest absolute Gasteiger partial charge is 0.0514 e. The molecule has 0 N–H and O–H groups in total. The number of unbranched alkanes of at least 4 members (excludes halogenated alkanes) is 10. The minimum Gasteiger partial charge on any atom is -0.550 e. The lowest BCUT2D eigenvalue weighted by atomic mass is 9.62. The summed E-state index contributed by atoms with van der Waals surface area (Å²) in [4.78, 5) is 24.0. The van der Waals surface area contributed by atoms with E-state index in [1.54, 1.807) is 12.2 Å². The van der Waals surface area contributed by atoms with Crippen molar-refractivity contribution >= 4 is 11.9 Å². The van der Waals surface area contributed by atoms with E-state index in [9.17, 15) is 19.8 Å². The second kappa shape index (κ2) is 13.0. The molecular formula is C24H40O4-2. The maximum atomic E-state index is 12.0. The van der Waals surface area contributed by atoms with Crippen molar-refractivity contribution in [2.24, 2.45) is 10.8 Å². The zero-order valence-electron chi connectivity index (χ0n) is 18.1. The number of carbonyl (C=O) groups is 2. The molecule has 1 aliphatic carbocycles. The molecule has 0 saturated heterocycles. The van der Waals surface area contributed by atoms with Gasteiger partial charge in [-0.15, -0.1) is 0 Å². The highest BCUT2D eigenvalue weighted by Crippen LogP contribution is 2.48. The molecule has 0 aliphatic heterocycles. The summed E-state index contributed by atoms with van der Waals surface area (Å²) in [7, 11) is 0. The first kappa shape index (κ1) is 24.7. The topological polar surface area (TPSA) is 80.3 Å².